The molecule has 0 radical (unpaired) electrons. The Morgan fingerprint density at radius 3 is 2.95 bits per heavy atom. The quantitative estimate of drug-likeness (QED) is 0.806. The van der Waals surface area contributed by atoms with Crippen LogP contribution >= 0.6 is 12.2 Å². The molecule has 104 valence electrons. The van der Waals surface area contributed by atoms with Gasteiger partial charge in [-0.25, -0.2) is 0 Å². The van der Waals surface area contributed by atoms with Gasteiger partial charge in [-0.1, -0.05) is 24.4 Å². The molecule has 1 saturated heterocycles. The average molecular weight is 280 g/mol. The van der Waals surface area contributed by atoms with E-state index < -0.39 is 0 Å². The minimum Gasteiger partial charge on any atom is -0.389 e. The van der Waals surface area contributed by atoms with E-state index in [2.05, 4.69) is 5.32 Å². The maximum Gasteiger partial charge on any atom is 0.110 e. The van der Waals surface area contributed by atoms with Crippen molar-refractivity contribution in [3.8, 4) is 0 Å². The van der Waals surface area contributed by atoms with Crippen molar-refractivity contribution in [2.24, 2.45) is 5.73 Å². The van der Waals surface area contributed by atoms with Crippen LogP contribution in [0.2, 0.25) is 0 Å². The molecule has 0 spiro atoms. The number of anilines is 1. The summed E-state index contributed by atoms with van der Waals surface area (Å²) in [7, 11) is 1.72. The third-order valence-corrected chi connectivity index (χ3v) is 3.85. The molecule has 0 amide bonds. The van der Waals surface area contributed by atoms with Crippen molar-refractivity contribution in [3.05, 3.63) is 29.3 Å². The second-order valence-electron chi connectivity index (χ2n) is 4.90. The highest BCUT2D eigenvalue weighted by atomic mass is 32.1. The van der Waals surface area contributed by atoms with Gasteiger partial charge in [0.05, 0.1) is 6.61 Å². The highest BCUT2D eigenvalue weighted by molar-refractivity contribution is 7.80. The van der Waals surface area contributed by atoms with Crippen molar-refractivity contribution in [1.29, 1.82) is 0 Å². The number of methoxy groups -OCH3 is 1. The summed E-state index contributed by atoms with van der Waals surface area (Å²) < 4.78 is 11.0. The first kappa shape index (κ1) is 14.2. The molecule has 1 heterocycles. The van der Waals surface area contributed by atoms with Crippen LogP contribution in [-0.4, -0.2) is 37.5 Å². The number of benzene rings is 1. The van der Waals surface area contributed by atoms with E-state index >= 15 is 0 Å². The predicted octanol–water partition coefficient (Wildman–Crippen LogP) is 1.85. The van der Waals surface area contributed by atoms with Crippen LogP contribution in [0.5, 0.6) is 0 Å². The maximum absolute atomic E-state index is 5.77. The Morgan fingerprint density at radius 2 is 2.37 bits per heavy atom. The van der Waals surface area contributed by atoms with Crippen LogP contribution < -0.4 is 11.1 Å². The normalized spacial score (nSPS) is 22.4. The standard InChI is InChI=1S/C14H20N2O2S/c1-10-4-3-5-11(13(15)19)12(10)16-8-14(17-2)6-7-18-9-14/h3-5,16H,6-9H2,1-2H3,(H2,15,19). The summed E-state index contributed by atoms with van der Waals surface area (Å²) in [6.45, 7) is 4.08. The first-order valence-corrected chi connectivity index (χ1v) is 6.75. The summed E-state index contributed by atoms with van der Waals surface area (Å²) in [5.74, 6) is 0. The van der Waals surface area contributed by atoms with Crippen LogP contribution in [0.3, 0.4) is 0 Å². The Morgan fingerprint density at radius 1 is 1.58 bits per heavy atom. The van der Waals surface area contributed by atoms with Gasteiger partial charge in [-0.2, -0.15) is 0 Å². The second-order valence-corrected chi connectivity index (χ2v) is 5.34. The Labute approximate surface area is 119 Å². The van der Waals surface area contributed by atoms with Gasteiger partial charge in [-0.15, -0.1) is 0 Å². The summed E-state index contributed by atoms with van der Waals surface area (Å²) in [4.78, 5) is 0.403. The molecule has 4 nitrogen and oxygen atoms in total. The van der Waals surface area contributed by atoms with Crippen molar-refractivity contribution >= 4 is 22.9 Å². The number of nitrogens with two attached hydrogens (primary N) is 1. The van der Waals surface area contributed by atoms with Crippen molar-refractivity contribution in [3.63, 3.8) is 0 Å². The number of hydrogen-bond donors (Lipinski definition) is 2. The summed E-state index contributed by atoms with van der Waals surface area (Å²) in [5.41, 5.74) is 8.49. The lowest BCUT2D eigenvalue weighted by Crippen LogP contribution is -2.40. The van der Waals surface area contributed by atoms with Crippen molar-refractivity contribution in [2.75, 3.05) is 32.2 Å². The molecular formula is C14H20N2O2S. The summed E-state index contributed by atoms with van der Waals surface area (Å²) in [6, 6.07) is 5.93. The molecule has 1 aliphatic heterocycles. The molecule has 1 aromatic rings. The largest absolute Gasteiger partial charge is 0.389 e. The molecule has 5 heteroatoms. The highest BCUT2D eigenvalue weighted by Crippen LogP contribution is 2.26. The molecule has 19 heavy (non-hydrogen) atoms. The Balaban J connectivity index is 2.17. The van der Waals surface area contributed by atoms with Crippen LogP contribution in [0.4, 0.5) is 5.69 Å². The number of rotatable bonds is 5. The van der Waals surface area contributed by atoms with Crippen LogP contribution in [0, 0.1) is 6.92 Å². The molecule has 0 bridgehead atoms. The number of para-hydroxylation sites is 1. The average Bonchev–Trinajstić information content (AvgIpc) is 2.86. The van der Waals surface area contributed by atoms with Crippen LogP contribution in [0.1, 0.15) is 17.5 Å². The van der Waals surface area contributed by atoms with Crippen molar-refractivity contribution < 1.29 is 9.47 Å². The fraction of sp³-hybridized carbons (Fsp3) is 0.500. The Bertz CT molecular complexity index is 471. The lowest BCUT2D eigenvalue weighted by molar-refractivity contribution is -0.00620. The monoisotopic (exact) mass is 280 g/mol. The highest BCUT2D eigenvalue weighted by Gasteiger charge is 2.34. The fourth-order valence-electron chi connectivity index (χ4n) is 2.32. The molecule has 0 aliphatic carbocycles. The van der Waals surface area contributed by atoms with Gasteiger partial charge in [0.1, 0.15) is 10.6 Å². The van der Waals surface area contributed by atoms with E-state index in [0.29, 0.717) is 18.1 Å². The summed E-state index contributed by atoms with van der Waals surface area (Å²) in [5, 5.41) is 3.42. The SMILES string of the molecule is COC1(CNc2c(C)cccc2C(N)=S)CCOC1. The smallest absolute Gasteiger partial charge is 0.110 e. The molecule has 1 aromatic carbocycles. The van der Waals surface area contributed by atoms with Gasteiger partial charge in [0, 0.05) is 37.9 Å². The molecule has 1 unspecified atom stereocenters. The van der Waals surface area contributed by atoms with E-state index in [1.807, 2.05) is 25.1 Å². The zero-order valence-corrected chi connectivity index (χ0v) is 12.2. The molecule has 0 saturated carbocycles. The fourth-order valence-corrected chi connectivity index (χ4v) is 2.49. The van der Waals surface area contributed by atoms with E-state index in [-0.39, 0.29) is 5.60 Å². The van der Waals surface area contributed by atoms with E-state index in [0.717, 1.165) is 29.8 Å². The van der Waals surface area contributed by atoms with E-state index in [1.165, 1.54) is 0 Å². The van der Waals surface area contributed by atoms with Gasteiger partial charge in [0.15, 0.2) is 0 Å². The number of aryl methyl sites for hydroxylation is 1. The molecule has 2 rings (SSSR count). The van der Waals surface area contributed by atoms with Crippen LogP contribution in [-0.2, 0) is 9.47 Å². The molecule has 1 atom stereocenters. The van der Waals surface area contributed by atoms with Crippen LogP contribution in [0.25, 0.3) is 0 Å². The lowest BCUT2D eigenvalue weighted by atomic mass is 10.0. The predicted molar refractivity (Wildman–Crippen MR) is 80.7 cm³/mol. The van der Waals surface area contributed by atoms with Gasteiger partial charge < -0.3 is 20.5 Å². The van der Waals surface area contributed by atoms with Gasteiger partial charge >= 0.3 is 0 Å². The third-order valence-electron chi connectivity index (χ3n) is 3.63. The Kier molecular flexibility index (Phi) is 4.39. The van der Waals surface area contributed by atoms with Gasteiger partial charge in [0.25, 0.3) is 0 Å². The zero-order valence-electron chi connectivity index (χ0n) is 11.4. The zero-order chi connectivity index (χ0) is 13.9. The minimum atomic E-state index is -0.254. The lowest BCUT2D eigenvalue weighted by Gasteiger charge is -2.27. The molecule has 3 N–H and O–H groups in total. The Hall–Kier alpha value is -1.17. The third kappa shape index (κ3) is 3.05. The number of ether oxygens (including phenoxy) is 2. The number of thiocarbonyl (C=S) groups is 1. The van der Waals surface area contributed by atoms with Gasteiger partial charge in [-0.3, -0.25) is 0 Å². The minimum absolute atomic E-state index is 0.254. The molecular weight excluding hydrogens is 260 g/mol. The molecule has 1 aliphatic rings. The first-order valence-electron chi connectivity index (χ1n) is 6.34. The van der Waals surface area contributed by atoms with Gasteiger partial charge in [0.2, 0.25) is 0 Å². The summed E-state index contributed by atoms with van der Waals surface area (Å²) >= 11 is 5.10. The first-order chi connectivity index (χ1) is 9.08. The van der Waals surface area contributed by atoms with E-state index in [4.69, 9.17) is 27.4 Å². The van der Waals surface area contributed by atoms with E-state index in [9.17, 15) is 0 Å². The summed E-state index contributed by atoms with van der Waals surface area (Å²) in [6.07, 6.45) is 0.894. The van der Waals surface area contributed by atoms with Gasteiger partial charge in [-0.05, 0) is 18.6 Å². The maximum atomic E-state index is 5.77. The van der Waals surface area contributed by atoms with Crippen LogP contribution in [0.15, 0.2) is 18.2 Å². The second kappa shape index (κ2) is 5.86. The van der Waals surface area contributed by atoms with Crippen molar-refractivity contribution in [1.82, 2.24) is 0 Å². The van der Waals surface area contributed by atoms with Crippen molar-refractivity contribution in [2.45, 2.75) is 18.9 Å². The number of hydrogen-bond acceptors (Lipinski definition) is 4. The molecule has 1 fully saturated rings. The number of nitrogens with one attached hydrogen (secondary N) is 1. The van der Waals surface area contributed by atoms with E-state index in [1.54, 1.807) is 7.11 Å². The molecule has 0 aromatic heterocycles. The topological polar surface area (TPSA) is 56.5 Å².